The molecule has 13 rings (SSSR count). The zero-order chi connectivity index (χ0) is 87.9. The molecule has 8 aromatic rings. The predicted molar refractivity (Wildman–Crippen MR) is 460 cm³/mol. The second-order valence-electron chi connectivity index (χ2n) is 33.7. The lowest BCUT2D eigenvalue weighted by molar-refractivity contribution is -0.154. The summed E-state index contributed by atoms with van der Waals surface area (Å²) in [5, 5.41) is 27.1. The lowest BCUT2D eigenvalue weighted by Crippen LogP contribution is -2.51. The van der Waals surface area contributed by atoms with Crippen molar-refractivity contribution in [1.29, 1.82) is 0 Å². The second-order valence-corrected chi connectivity index (χ2v) is 33.7. The molecule has 4 aliphatic heterocycles. The number of epoxide rings is 4. The molecule has 1 saturated carbocycles. The summed E-state index contributed by atoms with van der Waals surface area (Å²) in [6, 6.07) is 60.8. The molecule has 0 spiro atoms. The molecule has 0 radical (unpaired) electrons. The average molecular weight is 1740 g/mol. The van der Waals surface area contributed by atoms with Gasteiger partial charge in [0.2, 0.25) is 6.29 Å². The van der Waals surface area contributed by atoms with Crippen LogP contribution in [0.25, 0.3) is 0 Å². The number of carbonyl (C=O) groups is 6. The zero-order valence-electron chi connectivity index (χ0n) is 71.6. The summed E-state index contributed by atoms with van der Waals surface area (Å²) in [4.78, 5) is 80.2. The molecule has 28 nitrogen and oxygen atoms in total. The van der Waals surface area contributed by atoms with Gasteiger partial charge in [-0.25, -0.2) is 9.59 Å². The number of nitrogens with one attached hydrogen (secondary N) is 2. The van der Waals surface area contributed by atoms with Crippen molar-refractivity contribution in [3.8, 4) is 46.0 Å². The number of rotatable bonds is 53. The number of unbranched alkanes of at least 4 members (excludes halogenated alkanes) is 2. The van der Waals surface area contributed by atoms with E-state index in [9.17, 15) is 39.0 Å². The standard InChI is InChI=1S/C98H114N2O26/c1-97(2)48-74(100-96(108)126-94(124-84-42-26-73(27-43-84)47-70-20-36-81(37-21-70)113-56-87-59-117-87)63-121-92(106)11-7-5-9-90(104)119-53-76(102)51-110-78-30-14-67(15-31-78)45-69-18-34-80(35-19-69)112-55-86-58-116-86)49-98(3,64-97)65-99-95(107)125-88(60-114-82-38-22-71(23-39-82)46-72-24-40-83(41-25-72)123-93-62-122-93)61-120-91(105)10-6-4-8-89(103)118-52-75(101)50-109-77-28-12-66(13-29-77)44-68-16-32-79(33-17-68)111-54-85-57-115-85/h12-43,74-76,85-88,93-94,101-102H,4-11,44-65H2,1-3H3,(H,99,107)(H,100,108)/t74?,75?,76?,85?,86?,87-,88?,93?,94?,98?/m0/s1. The van der Waals surface area contributed by atoms with Crippen LogP contribution in [0.4, 0.5) is 9.59 Å². The van der Waals surface area contributed by atoms with Gasteiger partial charge >= 0.3 is 36.1 Å². The highest BCUT2D eigenvalue weighted by Crippen LogP contribution is 2.46. The van der Waals surface area contributed by atoms with Gasteiger partial charge in [0.05, 0.1) is 19.8 Å². The maximum Gasteiger partial charge on any atom is 0.410 e. The first-order valence-corrected chi connectivity index (χ1v) is 43.3. The smallest absolute Gasteiger partial charge is 0.410 e. The molecular weight excluding hydrogens is 1620 g/mol. The molecular formula is C98H114N2O26. The Morgan fingerprint density at radius 1 is 0.373 bits per heavy atom. The van der Waals surface area contributed by atoms with Gasteiger partial charge in [0, 0.05) is 38.3 Å². The van der Waals surface area contributed by atoms with Gasteiger partial charge in [0.1, 0.15) is 143 Å². The molecule has 4 saturated heterocycles. The molecule has 5 aliphatic rings. The normalized spacial score (nSPS) is 19.0. The van der Waals surface area contributed by atoms with Crippen LogP contribution < -0.4 is 48.5 Å². The number of ether oxygens (including phenoxy) is 18. The molecule has 2 amide bonds. The van der Waals surface area contributed by atoms with Crippen LogP contribution in [0.1, 0.15) is 136 Å². The van der Waals surface area contributed by atoms with Gasteiger partial charge in [-0.2, -0.15) is 0 Å². The fraction of sp³-hybridized carbons (Fsp3) is 0.449. The van der Waals surface area contributed by atoms with E-state index in [1.165, 1.54) is 0 Å². The Morgan fingerprint density at radius 2 is 0.698 bits per heavy atom. The van der Waals surface area contributed by atoms with Gasteiger partial charge in [0.15, 0.2) is 12.7 Å². The van der Waals surface area contributed by atoms with Gasteiger partial charge in [-0.3, -0.25) is 19.2 Å². The lowest BCUT2D eigenvalue weighted by atomic mass is 9.62. The first-order valence-electron chi connectivity index (χ1n) is 43.3. The predicted octanol–water partition coefficient (Wildman–Crippen LogP) is 13.5. The second kappa shape index (κ2) is 46.5. The van der Waals surface area contributed by atoms with E-state index in [2.05, 4.69) is 24.5 Å². The topological polar surface area (TPSA) is 346 Å². The summed E-state index contributed by atoms with van der Waals surface area (Å²) in [7, 11) is 0. The number of benzene rings is 8. The van der Waals surface area contributed by atoms with Crippen molar-refractivity contribution in [3.05, 3.63) is 239 Å². The largest absolute Gasteiger partial charge is 0.491 e. The molecule has 0 bridgehead atoms. The van der Waals surface area contributed by atoms with Crippen molar-refractivity contribution in [2.24, 2.45) is 10.8 Å². The van der Waals surface area contributed by atoms with Gasteiger partial charge in [-0.15, -0.1) is 0 Å². The molecule has 1 aliphatic carbocycles. The van der Waals surface area contributed by atoms with Gasteiger partial charge in [0.25, 0.3) is 6.29 Å². The summed E-state index contributed by atoms with van der Waals surface area (Å²) in [5.74, 6) is 2.68. The number of amides is 2. The quantitative estimate of drug-likeness (QED) is 0.00904. The van der Waals surface area contributed by atoms with Crippen LogP contribution in [0.15, 0.2) is 194 Å². The minimum absolute atomic E-state index is 0.0110. The van der Waals surface area contributed by atoms with Gasteiger partial charge in [-0.1, -0.05) is 118 Å². The van der Waals surface area contributed by atoms with Crippen LogP contribution in [-0.4, -0.2) is 201 Å². The third-order valence-corrected chi connectivity index (χ3v) is 21.3. The molecule has 126 heavy (non-hydrogen) atoms. The fourth-order valence-electron chi connectivity index (χ4n) is 14.6. The maximum absolute atomic E-state index is 14.1. The number of hydrogen-bond donors (Lipinski definition) is 4. The van der Waals surface area contributed by atoms with Crippen molar-refractivity contribution in [2.45, 2.75) is 172 Å². The average Bonchev–Trinajstić information content (AvgIpc) is 1.16. The first-order chi connectivity index (χ1) is 61.1. The minimum Gasteiger partial charge on any atom is -0.491 e. The highest BCUT2D eigenvalue weighted by Gasteiger charge is 2.43. The Bertz CT molecular complexity index is 4710. The van der Waals surface area contributed by atoms with Crippen molar-refractivity contribution in [1.82, 2.24) is 10.6 Å². The Hall–Kier alpha value is -11.7. The number of aliphatic hydroxyl groups excluding tert-OH is 2. The van der Waals surface area contributed by atoms with E-state index >= 15 is 0 Å². The lowest BCUT2D eigenvalue weighted by Gasteiger charge is -2.46. The van der Waals surface area contributed by atoms with E-state index in [0.717, 1.165) is 80.7 Å². The first kappa shape index (κ1) is 92.0. The van der Waals surface area contributed by atoms with E-state index in [-0.39, 0.29) is 121 Å². The Kier molecular flexibility index (Phi) is 34.0. The van der Waals surface area contributed by atoms with Crippen LogP contribution in [0.2, 0.25) is 0 Å². The molecule has 28 heteroatoms. The maximum atomic E-state index is 14.1. The van der Waals surface area contributed by atoms with E-state index in [1.54, 1.807) is 24.3 Å². The zero-order valence-corrected chi connectivity index (χ0v) is 71.6. The summed E-state index contributed by atoms with van der Waals surface area (Å²) in [6.45, 7) is 8.84. The Morgan fingerprint density at radius 3 is 1.06 bits per heavy atom. The van der Waals surface area contributed by atoms with E-state index in [4.69, 9.17) is 85.3 Å². The number of carbonyl (C=O) groups excluding carboxylic acids is 6. The monoisotopic (exact) mass is 1730 g/mol. The molecule has 9 unspecified atom stereocenters. The fourth-order valence-corrected chi connectivity index (χ4v) is 14.6. The third-order valence-electron chi connectivity index (χ3n) is 21.3. The van der Waals surface area contributed by atoms with Crippen LogP contribution in [0.5, 0.6) is 46.0 Å². The number of alkyl carbamates (subject to hydrolysis) is 2. The molecule has 10 atom stereocenters. The van der Waals surface area contributed by atoms with Crippen molar-refractivity contribution in [3.63, 3.8) is 0 Å². The Balaban J connectivity index is 0.550. The van der Waals surface area contributed by atoms with Crippen molar-refractivity contribution in [2.75, 3.05) is 99.0 Å². The molecule has 672 valence electrons. The highest BCUT2D eigenvalue weighted by atomic mass is 16.8. The summed E-state index contributed by atoms with van der Waals surface area (Å²) in [5.41, 5.74) is 7.53. The third kappa shape index (κ3) is 34.0. The Labute approximate surface area is 734 Å². The molecule has 5 fully saturated rings. The minimum atomic E-state index is -1.41. The van der Waals surface area contributed by atoms with Crippen molar-refractivity contribution >= 4 is 36.1 Å². The van der Waals surface area contributed by atoms with E-state index in [0.29, 0.717) is 107 Å². The molecule has 8 aromatic carbocycles. The molecule has 4 N–H and O–H groups in total. The van der Waals surface area contributed by atoms with E-state index in [1.807, 2.05) is 177 Å². The van der Waals surface area contributed by atoms with E-state index < -0.39 is 78.7 Å². The van der Waals surface area contributed by atoms with Gasteiger partial charge in [-0.05, 0) is 223 Å². The van der Waals surface area contributed by atoms with Crippen LogP contribution >= 0.6 is 0 Å². The SMILES string of the molecule is CC1(C)CC(NC(=O)OC(COC(=O)CCCCC(=O)OCC(O)COc2ccc(Cc3ccc(OCC4CO4)cc3)cc2)Oc2ccc(Cc3ccc(OC[C@H]4CO4)cc3)cc2)CC(C)(CNC(=O)OC(COC(=O)CCCCC(=O)OCC(O)COc2ccc(Cc3ccc(OCC4CO4)cc3)cc2)COc2ccc(Cc3ccc(OC4CO4)cc3)cc2)C1. The summed E-state index contributed by atoms with van der Waals surface area (Å²) >= 11 is 0. The van der Waals surface area contributed by atoms with Crippen LogP contribution in [0.3, 0.4) is 0 Å². The molecule has 0 aromatic heterocycles. The molecule has 4 heterocycles. The number of esters is 4. The summed E-state index contributed by atoms with van der Waals surface area (Å²) in [6.07, 6.45) is -0.747. The number of hydrogen-bond acceptors (Lipinski definition) is 26. The van der Waals surface area contributed by atoms with Crippen LogP contribution in [0, 0.1) is 10.8 Å². The van der Waals surface area contributed by atoms with Crippen LogP contribution in [-0.2, 0) is 92.2 Å². The number of aliphatic hydroxyl groups is 2. The van der Waals surface area contributed by atoms with Gasteiger partial charge < -0.3 is 106 Å². The van der Waals surface area contributed by atoms with Crippen molar-refractivity contribution < 1.29 is 124 Å². The highest BCUT2D eigenvalue weighted by molar-refractivity contribution is 5.72. The summed E-state index contributed by atoms with van der Waals surface area (Å²) < 4.78 is 102.